The Morgan fingerprint density at radius 2 is 1.89 bits per heavy atom. The molecule has 1 saturated heterocycles. The molecule has 0 aromatic rings. The molecular weight excluding hydrogens is 254 g/mol. The molecule has 2 fully saturated rings. The van der Waals surface area contributed by atoms with Crippen molar-refractivity contribution in [1.29, 1.82) is 0 Å². The predicted molar refractivity (Wildman–Crippen MR) is 69.6 cm³/mol. The molecule has 6 nitrogen and oxygen atoms in total. The van der Waals surface area contributed by atoms with Gasteiger partial charge in [0, 0.05) is 32.7 Å². The van der Waals surface area contributed by atoms with Crippen LogP contribution < -0.4 is 10.0 Å². The Hall–Kier alpha value is -0.210. The van der Waals surface area contributed by atoms with E-state index in [9.17, 15) is 8.42 Å². The standard InChI is InChI=1S/C11H23N3O3S/c15-18(16,14-8-5-12-6-9-14)13-7-10-17-11-3-1-2-4-11/h11-13H,1-10H2. The van der Waals surface area contributed by atoms with E-state index in [1.165, 1.54) is 17.1 Å². The van der Waals surface area contributed by atoms with Crippen LogP contribution in [0.5, 0.6) is 0 Å². The summed E-state index contributed by atoms with van der Waals surface area (Å²) in [6.45, 7) is 3.36. The first-order valence-corrected chi connectivity index (χ1v) is 8.19. The molecule has 2 rings (SSSR count). The summed E-state index contributed by atoms with van der Waals surface area (Å²) in [4.78, 5) is 0. The van der Waals surface area contributed by atoms with E-state index < -0.39 is 10.2 Å². The summed E-state index contributed by atoms with van der Waals surface area (Å²) in [5.74, 6) is 0. The molecule has 0 radical (unpaired) electrons. The highest BCUT2D eigenvalue weighted by atomic mass is 32.2. The zero-order chi connectivity index (χ0) is 12.8. The van der Waals surface area contributed by atoms with Gasteiger partial charge in [0.25, 0.3) is 10.2 Å². The van der Waals surface area contributed by atoms with Crippen LogP contribution >= 0.6 is 0 Å². The van der Waals surface area contributed by atoms with Gasteiger partial charge in [-0.15, -0.1) is 0 Å². The molecule has 0 spiro atoms. The van der Waals surface area contributed by atoms with Crippen LogP contribution in [0.2, 0.25) is 0 Å². The zero-order valence-corrected chi connectivity index (χ0v) is 11.5. The summed E-state index contributed by atoms with van der Waals surface area (Å²) < 4.78 is 33.5. The van der Waals surface area contributed by atoms with Crippen LogP contribution in [0.15, 0.2) is 0 Å². The molecule has 1 aliphatic heterocycles. The summed E-state index contributed by atoms with van der Waals surface area (Å²) in [7, 11) is -3.32. The molecule has 0 unspecified atom stereocenters. The highest BCUT2D eigenvalue weighted by Crippen LogP contribution is 2.20. The largest absolute Gasteiger partial charge is 0.377 e. The lowest BCUT2D eigenvalue weighted by molar-refractivity contribution is 0.0624. The molecule has 0 aromatic carbocycles. The van der Waals surface area contributed by atoms with Crippen molar-refractivity contribution >= 4 is 10.2 Å². The van der Waals surface area contributed by atoms with Crippen molar-refractivity contribution in [2.45, 2.75) is 31.8 Å². The van der Waals surface area contributed by atoms with E-state index in [-0.39, 0.29) is 0 Å². The van der Waals surface area contributed by atoms with Gasteiger partial charge in [0.2, 0.25) is 0 Å². The fraction of sp³-hybridized carbons (Fsp3) is 1.00. The monoisotopic (exact) mass is 277 g/mol. The van der Waals surface area contributed by atoms with Crippen LogP contribution in [0.25, 0.3) is 0 Å². The van der Waals surface area contributed by atoms with E-state index in [1.807, 2.05) is 0 Å². The van der Waals surface area contributed by atoms with Crippen LogP contribution in [-0.2, 0) is 14.9 Å². The minimum absolute atomic E-state index is 0.341. The van der Waals surface area contributed by atoms with Crippen LogP contribution in [-0.4, -0.2) is 58.2 Å². The van der Waals surface area contributed by atoms with E-state index in [1.54, 1.807) is 0 Å². The average Bonchev–Trinajstić information content (AvgIpc) is 2.89. The van der Waals surface area contributed by atoms with Gasteiger partial charge < -0.3 is 10.1 Å². The third kappa shape index (κ3) is 4.17. The van der Waals surface area contributed by atoms with Crippen LogP contribution in [0.4, 0.5) is 0 Å². The molecule has 1 heterocycles. The van der Waals surface area contributed by atoms with Gasteiger partial charge in [-0.1, -0.05) is 12.8 Å². The lowest BCUT2D eigenvalue weighted by Gasteiger charge is -2.26. The topological polar surface area (TPSA) is 70.7 Å². The first-order valence-electron chi connectivity index (χ1n) is 6.75. The minimum atomic E-state index is -3.32. The van der Waals surface area contributed by atoms with Crippen molar-refractivity contribution in [1.82, 2.24) is 14.3 Å². The molecule has 0 aromatic heterocycles. The summed E-state index contributed by atoms with van der Waals surface area (Å²) in [6, 6.07) is 0. The van der Waals surface area contributed by atoms with Crippen molar-refractivity contribution in [2.24, 2.45) is 0 Å². The summed E-state index contributed by atoms with van der Waals surface area (Å²) in [5.41, 5.74) is 0. The van der Waals surface area contributed by atoms with Crippen molar-refractivity contribution in [3.8, 4) is 0 Å². The Morgan fingerprint density at radius 3 is 2.56 bits per heavy atom. The number of piperazine rings is 1. The Bertz CT molecular complexity index is 335. The van der Waals surface area contributed by atoms with Gasteiger partial charge in [0.15, 0.2) is 0 Å². The molecule has 18 heavy (non-hydrogen) atoms. The number of hydrogen-bond acceptors (Lipinski definition) is 4. The number of hydrogen-bond donors (Lipinski definition) is 2. The average molecular weight is 277 g/mol. The van der Waals surface area contributed by atoms with Crippen molar-refractivity contribution in [3.63, 3.8) is 0 Å². The van der Waals surface area contributed by atoms with E-state index in [2.05, 4.69) is 10.0 Å². The molecule has 0 atom stereocenters. The number of nitrogens with zero attached hydrogens (tertiary/aromatic N) is 1. The minimum Gasteiger partial charge on any atom is -0.377 e. The first-order chi connectivity index (χ1) is 8.68. The molecule has 1 aliphatic carbocycles. The molecule has 0 bridgehead atoms. The number of nitrogens with one attached hydrogen (secondary N) is 2. The smallest absolute Gasteiger partial charge is 0.279 e. The molecule has 2 aliphatic rings. The highest BCUT2D eigenvalue weighted by Gasteiger charge is 2.23. The Kier molecular flexibility index (Phi) is 5.38. The Balaban J connectivity index is 1.64. The Morgan fingerprint density at radius 1 is 1.22 bits per heavy atom. The lowest BCUT2D eigenvalue weighted by Crippen LogP contribution is -2.50. The fourth-order valence-electron chi connectivity index (χ4n) is 2.43. The van der Waals surface area contributed by atoms with E-state index in [0.717, 1.165) is 25.9 Å². The van der Waals surface area contributed by atoms with E-state index >= 15 is 0 Å². The molecule has 1 saturated carbocycles. The molecular formula is C11H23N3O3S. The second-order valence-electron chi connectivity index (χ2n) is 4.83. The maximum atomic E-state index is 11.9. The van der Waals surface area contributed by atoms with Crippen molar-refractivity contribution < 1.29 is 13.2 Å². The molecule has 106 valence electrons. The quantitative estimate of drug-likeness (QED) is 0.653. The summed E-state index contributed by atoms with van der Waals surface area (Å²) in [6.07, 6.45) is 5.04. The van der Waals surface area contributed by atoms with Crippen LogP contribution in [0, 0.1) is 0 Å². The normalized spacial score (nSPS) is 23.6. The number of ether oxygens (including phenoxy) is 1. The zero-order valence-electron chi connectivity index (χ0n) is 10.7. The number of rotatable bonds is 6. The van der Waals surface area contributed by atoms with Crippen LogP contribution in [0.1, 0.15) is 25.7 Å². The van der Waals surface area contributed by atoms with Gasteiger partial charge in [0.1, 0.15) is 0 Å². The second-order valence-corrected chi connectivity index (χ2v) is 6.58. The van der Waals surface area contributed by atoms with Gasteiger partial charge in [-0.05, 0) is 12.8 Å². The highest BCUT2D eigenvalue weighted by molar-refractivity contribution is 7.87. The second kappa shape index (κ2) is 6.81. The third-order valence-corrected chi connectivity index (χ3v) is 5.07. The SMILES string of the molecule is O=S(=O)(NCCOC1CCCC1)N1CCNCC1. The first kappa shape index (κ1) is 14.2. The fourth-order valence-corrected chi connectivity index (χ4v) is 3.61. The van der Waals surface area contributed by atoms with Gasteiger partial charge in [-0.25, -0.2) is 0 Å². The van der Waals surface area contributed by atoms with Gasteiger partial charge >= 0.3 is 0 Å². The Labute approximate surface area is 109 Å². The van der Waals surface area contributed by atoms with Gasteiger partial charge in [0.05, 0.1) is 12.7 Å². The maximum absolute atomic E-state index is 11.9. The predicted octanol–water partition coefficient (Wildman–Crippen LogP) is -0.315. The van der Waals surface area contributed by atoms with Crippen LogP contribution in [0.3, 0.4) is 0 Å². The van der Waals surface area contributed by atoms with Gasteiger partial charge in [-0.3, -0.25) is 0 Å². The van der Waals surface area contributed by atoms with Crippen molar-refractivity contribution in [3.05, 3.63) is 0 Å². The molecule has 0 amide bonds. The molecule has 7 heteroatoms. The van der Waals surface area contributed by atoms with Gasteiger partial charge in [-0.2, -0.15) is 17.4 Å². The van der Waals surface area contributed by atoms with Crippen molar-refractivity contribution in [2.75, 3.05) is 39.3 Å². The maximum Gasteiger partial charge on any atom is 0.279 e. The lowest BCUT2D eigenvalue weighted by atomic mass is 10.3. The van der Waals surface area contributed by atoms with E-state index in [4.69, 9.17) is 4.74 Å². The molecule has 2 N–H and O–H groups in total. The third-order valence-electron chi connectivity index (χ3n) is 3.46. The van der Waals surface area contributed by atoms with E-state index in [0.29, 0.717) is 32.3 Å². The summed E-state index contributed by atoms with van der Waals surface area (Å²) >= 11 is 0. The summed E-state index contributed by atoms with van der Waals surface area (Å²) in [5, 5.41) is 3.13.